The van der Waals surface area contributed by atoms with Crippen molar-refractivity contribution in [2.75, 3.05) is 18.4 Å². The molecule has 0 bridgehead atoms. The Bertz CT molecular complexity index is 1320. The molecule has 4 aromatic rings. The number of nitrogens with one attached hydrogen (secondary N) is 1. The summed E-state index contributed by atoms with van der Waals surface area (Å²) in [6.45, 7) is 7.11. The molecular weight excluding hydrogens is 436 g/mol. The minimum Gasteiger partial charge on any atom is -0.339 e. The quantitative estimate of drug-likeness (QED) is 0.400. The number of imidazole rings is 1. The Morgan fingerprint density at radius 1 is 0.970 bits per heavy atom. The molecule has 0 radical (unpaired) electrons. The Hall–Kier alpha value is -3.64. The first kappa shape index (κ1) is 22.6. The topological polar surface area (TPSA) is 67.2 Å². The highest BCUT2D eigenvalue weighted by Gasteiger charge is 2.16. The van der Waals surface area contributed by atoms with Crippen LogP contribution in [-0.2, 0) is 0 Å². The van der Waals surface area contributed by atoms with Gasteiger partial charge in [-0.25, -0.2) is 4.98 Å². The largest absolute Gasteiger partial charge is 0.339 e. The van der Waals surface area contributed by atoms with Crippen LogP contribution in [0.1, 0.15) is 40.4 Å². The van der Waals surface area contributed by atoms with Gasteiger partial charge in [0.1, 0.15) is 5.82 Å². The lowest BCUT2D eigenvalue weighted by atomic mass is 10.1. The van der Waals surface area contributed by atoms with E-state index >= 15 is 0 Å². The number of amides is 2. The van der Waals surface area contributed by atoms with Gasteiger partial charge in [-0.3, -0.25) is 14.2 Å². The van der Waals surface area contributed by atoms with Crippen molar-refractivity contribution in [3.8, 4) is 5.69 Å². The van der Waals surface area contributed by atoms with Crippen molar-refractivity contribution in [3.05, 3.63) is 88.7 Å². The molecule has 0 unspecified atom stereocenters. The Balaban J connectivity index is 1.60. The number of carbonyl (C=O) groups is 2. The smallest absolute Gasteiger partial charge is 0.255 e. The molecule has 0 fully saturated rings. The van der Waals surface area contributed by atoms with Crippen molar-refractivity contribution in [2.24, 2.45) is 0 Å². The maximum atomic E-state index is 13.0. The molecular formula is C26H25ClN4O2. The van der Waals surface area contributed by atoms with Crippen LogP contribution in [0.25, 0.3) is 16.7 Å². The molecule has 7 heteroatoms. The molecule has 0 aliphatic carbocycles. The van der Waals surface area contributed by atoms with Gasteiger partial charge in [-0.2, -0.15) is 0 Å². The molecule has 0 saturated carbocycles. The van der Waals surface area contributed by atoms with Crippen molar-refractivity contribution in [3.63, 3.8) is 0 Å². The second kappa shape index (κ2) is 9.46. The van der Waals surface area contributed by atoms with Gasteiger partial charge in [-0.05, 0) is 75.4 Å². The van der Waals surface area contributed by atoms with Crippen molar-refractivity contribution >= 4 is 40.1 Å². The van der Waals surface area contributed by atoms with E-state index in [4.69, 9.17) is 11.6 Å². The highest BCUT2D eigenvalue weighted by Crippen LogP contribution is 2.27. The lowest BCUT2D eigenvalue weighted by molar-refractivity contribution is 0.0773. The number of carbonyl (C=O) groups excluding carboxylic acids is 2. The van der Waals surface area contributed by atoms with Crippen LogP contribution < -0.4 is 5.32 Å². The van der Waals surface area contributed by atoms with Gasteiger partial charge in [0.2, 0.25) is 0 Å². The first-order valence-corrected chi connectivity index (χ1v) is 11.3. The Labute approximate surface area is 197 Å². The van der Waals surface area contributed by atoms with Gasteiger partial charge < -0.3 is 10.2 Å². The van der Waals surface area contributed by atoms with E-state index in [2.05, 4.69) is 10.3 Å². The summed E-state index contributed by atoms with van der Waals surface area (Å²) in [5.41, 5.74) is 4.10. The van der Waals surface area contributed by atoms with Gasteiger partial charge in [0.25, 0.3) is 11.8 Å². The van der Waals surface area contributed by atoms with E-state index in [1.165, 1.54) is 0 Å². The first-order valence-electron chi connectivity index (χ1n) is 10.9. The van der Waals surface area contributed by atoms with Crippen LogP contribution in [0.5, 0.6) is 0 Å². The van der Waals surface area contributed by atoms with Gasteiger partial charge in [0.15, 0.2) is 0 Å². The van der Waals surface area contributed by atoms with Crippen molar-refractivity contribution in [1.29, 1.82) is 0 Å². The molecule has 3 aromatic carbocycles. The molecule has 1 N–H and O–H groups in total. The molecule has 0 atom stereocenters. The molecule has 4 rings (SSSR count). The van der Waals surface area contributed by atoms with Crippen molar-refractivity contribution in [2.45, 2.75) is 20.8 Å². The number of fused-ring (bicyclic) bond motifs is 1. The van der Waals surface area contributed by atoms with Crippen LogP contribution in [0.2, 0.25) is 5.02 Å². The number of para-hydroxylation sites is 1. The predicted molar refractivity (Wildman–Crippen MR) is 132 cm³/mol. The summed E-state index contributed by atoms with van der Waals surface area (Å²) < 4.78 is 1.95. The average molecular weight is 461 g/mol. The summed E-state index contributed by atoms with van der Waals surface area (Å²) in [4.78, 5) is 31.8. The fourth-order valence-corrected chi connectivity index (χ4v) is 4.09. The lowest BCUT2D eigenvalue weighted by Gasteiger charge is -2.18. The molecule has 33 heavy (non-hydrogen) atoms. The van der Waals surface area contributed by atoms with E-state index in [1.54, 1.807) is 35.2 Å². The van der Waals surface area contributed by atoms with Crippen LogP contribution >= 0.6 is 11.6 Å². The molecule has 0 spiro atoms. The Kier molecular flexibility index (Phi) is 6.47. The zero-order chi connectivity index (χ0) is 23.5. The average Bonchev–Trinajstić information content (AvgIpc) is 3.15. The second-order valence-electron chi connectivity index (χ2n) is 7.66. The Morgan fingerprint density at radius 3 is 2.30 bits per heavy atom. The fourth-order valence-electron chi connectivity index (χ4n) is 3.87. The molecule has 2 amide bonds. The number of hydrogen-bond donors (Lipinski definition) is 1. The fraction of sp³-hybridized carbons (Fsp3) is 0.192. The number of rotatable bonds is 6. The number of benzene rings is 3. The normalized spacial score (nSPS) is 10.9. The zero-order valence-electron chi connectivity index (χ0n) is 18.8. The minimum absolute atomic E-state index is 0.0217. The third kappa shape index (κ3) is 4.47. The van der Waals surface area contributed by atoms with Gasteiger partial charge in [0, 0.05) is 29.9 Å². The number of anilines is 1. The van der Waals surface area contributed by atoms with Gasteiger partial charge in [0.05, 0.1) is 21.7 Å². The Morgan fingerprint density at radius 2 is 1.64 bits per heavy atom. The van der Waals surface area contributed by atoms with Crippen LogP contribution in [0, 0.1) is 6.92 Å². The number of halogens is 1. The summed E-state index contributed by atoms with van der Waals surface area (Å²) in [6.07, 6.45) is 0. The molecule has 6 nitrogen and oxygen atoms in total. The summed E-state index contributed by atoms with van der Waals surface area (Å²) in [6, 6.07) is 19.9. The maximum Gasteiger partial charge on any atom is 0.255 e. The number of nitrogens with zero attached hydrogens (tertiary/aromatic N) is 3. The molecule has 1 aromatic heterocycles. The van der Waals surface area contributed by atoms with E-state index < -0.39 is 0 Å². The van der Waals surface area contributed by atoms with Crippen molar-refractivity contribution in [1.82, 2.24) is 14.5 Å². The molecule has 1 heterocycles. The molecule has 0 aliphatic rings. The third-order valence-corrected chi connectivity index (χ3v) is 5.94. The second-order valence-corrected chi connectivity index (χ2v) is 8.07. The lowest BCUT2D eigenvalue weighted by Crippen LogP contribution is -2.30. The van der Waals surface area contributed by atoms with Crippen LogP contribution in [0.4, 0.5) is 5.69 Å². The molecule has 0 aliphatic heterocycles. The summed E-state index contributed by atoms with van der Waals surface area (Å²) in [5, 5.41) is 3.51. The van der Waals surface area contributed by atoms with E-state index in [0.717, 1.165) is 22.5 Å². The monoisotopic (exact) mass is 460 g/mol. The van der Waals surface area contributed by atoms with E-state index in [1.807, 2.05) is 61.7 Å². The highest BCUT2D eigenvalue weighted by atomic mass is 35.5. The van der Waals surface area contributed by atoms with E-state index in [-0.39, 0.29) is 11.8 Å². The number of hydrogen-bond acceptors (Lipinski definition) is 3. The highest BCUT2D eigenvalue weighted by molar-refractivity contribution is 6.32. The number of aryl methyl sites for hydroxylation is 1. The molecule has 168 valence electrons. The van der Waals surface area contributed by atoms with Crippen LogP contribution in [-0.4, -0.2) is 39.4 Å². The minimum atomic E-state index is -0.246. The van der Waals surface area contributed by atoms with Crippen LogP contribution in [0.15, 0.2) is 66.7 Å². The number of aromatic nitrogens is 2. The summed E-state index contributed by atoms with van der Waals surface area (Å²) in [5.74, 6) is 0.514. The zero-order valence-corrected chi connectivity index (χ0v) is 19.6. The molecule has 0 saturated heterocycles. The van der Waals surface area contributed by atoms with Crippen molar-refractivity contribution < 1.29 is 9.59 Å². The van der Waals surface area contributed by atoms with E-state index in [9.17, 15) is 9.59 Å². The van der Waals surface area contributed by atoms with Crippen LogP contribution in [0.3, 0.4) is 0 Å². The predicted octanol–water partition coefficient (Wildman–Crippen LogP) is 5.72. The third-order valence-electron chi connectivity index (χ3n) is 5.62. The van der Waals surface area contributed by atoms with Gasteiger partial charge >= 0.3 is 0 Å². The maximum absolute atomic E-state index is 13.0. The first-order chi connectivity index (χ1) is 15.9. The van der Waals surface area contributed by atoms with Gasteiger partial charge in [-0.15, -0.1) is 0 Å². The summed E-state index contributed by atoms with van der Waals surface area (Å²) in [7, 11) is 0. The standard InChI is InChI=1S/C26H25ClN4O2/c1-4-30(5-2)26(33)18-10-13-20(14-11-18)29-25(32)19-12-15-22-24(16-19)31(17(3)28-22)23-9-7-6-8-21(23)27/h6-16H,4-5H2,1-3H3,(H,29,32). The summed E-state index contributed by atoms with van der Waals surface area (Å²) >= 11 is 6.42. The van der Waals surface area contributed by atoms with E-state index in [0.29, 0.717) is 34.9 Å². The SMILES string of the molecule is CCN(CC)C(=O)c1ccc(NC(=O)c2ccc3nc(C)n(-c4ccccc4Cl)c3c2)cc1. The van der Waals surface area contributed by atoms with Gasteiger partial charge in [-0.1, -0.05) is 23.7 Å².